The highest BCUT2D eigenvalue weighted by molar-refractivity contribution is 6.03. The van der Waals surface area contributed by atoms with E-state index in [0.29, 0.717) is 23.7 Å². The molecule has 6 aliphatic rings. The van der Waals surface area contributed by atoms with Crippen LogP contribution in [0, 0.1) is 50.2 Å². The fourth-order valence-corrected chi connectivity index (χ4v) is 13.5. The van der Waals surface area contributed by atoms with Crippen LogP contribution < -0.4 is 5.32 Å². The molecule has 1 N–H and O–H groups in total. The van der Waals surface area contributed by atoms with Crippen molar-refractivity contribution in [3.8, 4) is 0 Å². The maximum Gasteiger partial charge on any atom is 0.339 e. The second-order valence-electron chi connectivity index (χ2n) is 20.0. The van der Waals surface area contributed by atoms with Crippen molar-refractivity contribution in [3.63, 3.8) is 0 Å². The Balaban J connectivity index is 1.14. The monoisotopic (exact) mass is 714 g/mol. The summed E-state index contributed by atoms with van der Waals surface area (Å²) in [6.07, 6.45) is 15.4. The maximum absolute atomic E-state index is 14.4. The van der Waals surface area contributed by atoms with E-state index in [1.807, 2.05) is 0 Å². The van der Waals surface area contributed by atoms with Gasteiger partial charge >= 0.3 is 11.9 Å². The minimum Gasteiger partial charge on any atom is -0.465 e. The smallest absolute Gasteiger partial charge is 0.339 e. The quantitative estimate of drug-likeness (QED) is 0.224. The Bertz CT molecular complexity index is 1610. The number of carbonyl (C=O) groups excluding carboxylic acids is 3. The minimum absolute atomic E-state index is 0.0480. The van der Waals surface area contributed by atoms with Crippen LogP contribution >= 0.6 is 0 Å². The molecule has 4 saturated carbocycles. The van der Waals surface area contributed by atoms with Crippen LogP contribution in [-0.4, -0.2) is 62.1 Å². The third kappa shape index (κ3) is 5.80. The molecule has 1 saturated heterocycles. The maximum atomic E-state index is 14.4. The van der Waals surface area contributed by atoms with Gasteiger partial charge in [-0.1, -0.05) is 72.2 Å². The molecule has 1 amide bonds. The first kappa shape index (κ1) is 37.6. The van der Waals surface area contributed by atoms with Gasteiger partial charge in [0.05, 0.1) is 23.7 Å². The zero-order valence-electron chi connectivity index (χ0n) is 33.5. The summed E-state index contributed by atoms with van der Waals surface area (Å²) in [5.74, 6) is 0.565. The number of fused-ring (bicyclic) bond motifs is 7. The summed E-state index contributed by atoms with van der Waals surface area (Å²) < 4.78 is 11.3. The molecular formula is C45H66N2O5. The molecule has 8 atom stereocenters. The van der Waals surface area contributed by atoms with Crippen molar-refractivity contribution in [1.29, 1.82) is 0 Å². The summed E-state index contributed by atoms with van der Waals surface area (Å²) in [6.45, 7) is 21.3. The van der Waals surface area contributed by atoms with Crippen molar-refractivity contribution < 1.29 is 23.9 Å². The third-order valence-electron chi connectivity index (χ3n) is 16.7. The molecular weight excluding hydrogens is 649 g/mol. The van der Waals surface area contributed by atoms with Gasteiger partial charge in [-0.05, 0) is 142 Å². The van der Waals surface area contributed by atoms with Gasteiger partial charge in [0, 0.05) is 18.5 Å². The second kappa shape index (κ2) is 13.3. The van der Waals surface area contributed by atoms with Gasteiger partial charge in [0.1, 0.15) is 6.10 Å². The van der Waals surface area contributed by atoms with Crippen molar-refractivity contribution in [2.45, 2.75) is 132 Å². The van der Waals surface area contributed by atoms with Crippen LogP contribution in [-0.2, 0) is 14.3 Å². The van der Waals surface area contributed by atoms with Crippen LogP contribution in [0.3, 0.4) is 0 Å². The van der Waals surface area contributed by atoms with E-state index in [9.17, 15) is 14.4 Å². The van der Waals surface area contributed by atoms with Crippen molar-refractivity contribution >= 4 is 17.8 Å². The number of benzene rings is 1. The predicted molar refractivity (Wildman–Crippen MR) is 205 cm³/mol. The van der Waals surface area contributed by atoms with Gasteiger partial charge in [-0.25, -0.2) is 9.59 Å². The van der Waals surface area contributed by atoms with E-state index in [-0.39, 0.29) is 49.7 Å². The van der Waals surface area contributed by atoms with E-state index in [1.165, 1.54) is 20.0 Å². The van der Waals surface area contributed by atoms with Crippen molar-refractivity contribution in [2.75, 3.05) is 33.3 Å². The average Bonchev–Trinajstić information content (AvgIpc) is 3.63. The number of amides is 1. The van der Waals surface area contributed by atoms with Gasteiger partial charge < -0.3 is 19.7 Å². The van der Waals surface area contributed by atoms with Gasteiger partial charge in [0.25, 0.3) is 0 Å². The number of allylic oxidation sites excluding steroid dienone is 2. The van der Waals surface area contributed by atoms with Crippen LogP contribution in [0.2, 0.25) is 0 Å². The van der Waals surface area contributed by atoms with Gasteiger partial charge in [-0.15, -0.1) is 0 Å². The first-order valence-electron chi connectivity index (χ1n) is 20.6. The number of rotatable bonds is 7. The molecule has 5 fully saturated rings. The van der Waals surface area contributed by atoms with Gasteiger partial charge in [0.15, 0.2) is 0 Å². The van der Waals surface area contributed by atoms with Crippen LogP contribution in [0.1, 0.15) is 146 Å². The molecule has 7 heteroatoms. The number of nitrogens with one attached hydrogen (secondary N) is 1. The topological polar surface area (TPSA) is 84.9 Å². The summed E-state index contributed by atoms with van der Waals surface area (Å²) in [6, 6.07) is 6.81. The van der Waals surface area contributed by atoms with E-state index >= 15 is 0 Å². The van der Waals surface area contributed by atoms with Crippen LogP contribution in [0.4, 0.5) is 0 Å². The lowest BCUT2D eigenvalue weighted by atomic mass is 9.33. The highest BCUT2D eigenvalue weighted by Crippen LogP contribution is 2.76. The summed E-state index contributed by atoms with van der Waals surface area (Å²) in [5, 5.41) is 3.50. The number of hydrogen-bond acceptors (Lipinski definition) is 6. The van der Waals surface area contributed by atoms with E-state index in [2.05, 4.69) is 64.8 Å². The molecule has 5 aliphatic carbocycles. The molecule has 52 heavy (non-hydrogen) atoms. The van der Waals surface area contributed by atoms with Crippen LogP contribution in [0.5, 0.6) is 0 Å². The van der Waals surface area contributed by atoms with E-state index < -0.39 is 11.9 Å². The highest BCUT2D eigenvalue weighted by atomic mass is 16.5. The molecule has 7 rings (SSSR count). The van der Waals surface area contributed by atoms with Gasteiger partial charge in [-0.3, -0.25) is 4.79 Å². The molecule has 286 valence electrons. The molecule has 0 aromatic heterocycles. The SMILES string of the molecule is COC(=O)c1ccccc1C(=O)O[C@H]1CC[C@]2(C)[C@H]3CC=C4[C@@H]5CC(C)(C)CC[C@]5(C(=O)NCCN5CCCC5)CC[C@@]4(C)[C@]3(C)CC[C@H]2C1(C)C. The first-order chi connectivity index (χ1) is 24.5. The Morgan fingerprint density at radius 3 is 2.19 bits per heavy atom. The number of carbonyl (C=O) groups is 3. The van der Waals surface area contributed by atoms with Gasteiger partial charge in [-0.2, -0.15) is 0 Å². The van der Waals surface area contributed by atoms with E-state index in [0.717, 1.165) is 90.4 Å². The Labute approximate surface area is 313 Å². The summed E-state index contributed by atoms with van der Waals surface area (Å²) in [7, 11) is 1.34. The average molecular weight is 715 g/mol. The Kier molecular flexibility index (Phi) is 9.60. The zero-order chi connectivity index (χ0) is 37.3. The number of esters is 2. The van der Waals surface area contributed by atoms with E-state index in [1.54, 1.807) is 29.8 Å². The number of ether oxygens (including phenoxy) is 2. The number of likely N-dealkylation sites (tertiary alicyclic amines) is 1. The first-order valence-corrected chi connectivity index (χ1v) is 20.6. The summed E-state index contributed by atoms with van der Waals surface area (Å²) in [5.41, 5.74) is 2.10. The van der Waals surface area contributed by atoms with Crippen LogP contribution in [0.15, 0.2) is 35.9 Å². The molecule has 0 bridgehead atoms. The van der Waals surface area contributed by atoms with Crippen LogP contribution in [0.25, 0.3) is 0 Å². The molecule has 7 nitrogen and oxygen atoms in total. The number of nitrogens with zero attached hydrogens (tertiary/aromatic N) is 1. The Morgan fingerprint density at radius 2 is 1.50 bits per heavy atom. The zero-order valence-corrected chi connectivity index (χ0v) is 33.5. The molecule has 0 spiro atoms. The molecule has 0 radical (unpaired) electrons. The molecule has 1 aliphatic heterocycles. The highest BCUT2D eigenvalue weighted by Gasteiger charge is 2.69. The Hall–Kier alpha value is -2.67. The normalized spacial score (nSPS) is 39.1. The molecule has 1 heterocycles. The lowest BCUT2D eigenvalue weighted by molar-refractivity contribution is -0.204. The molecule has 0 unspecified atom stereocenters. The lowest BCUT2D eigenvalue weighted by Crippen LogP contribution is -2.65. The van der Waals surface area contributed by atoms with Crippen molar-refractivity contribution in [1.82, 2.24) is 10.2 Å². The lowest BCUT2D eigenvalue weighted by Gasteiger charge is -2.71. The largest absolute Gasteiger partial charge is 0.465 e. The fraction of sp³-hybridized carbons (Fsp3) is 0.756. The predicted octanol–water partition coefficient (Wildman–Crippen LogP) is 9.01. The third-order valence-corrected chi connectivity index (χ3v) is 16.7. The van der Waals surface area contributed by atoms with E-state index in [4.69, 9.17) is 9.47 Å². The second-order valence-corrected chi connectivity index (χ2v) is 20.0. The van der Waals surface area contributed by atoms with Crippen molar-refractivity contribution in [2.24, 2.45) is 50.2 Å². The summed E-state index contributed by atoms with van der Waals surface area (Å²) in [4.78, 5) is 43.1. The number of hydrogen-bond donors (Lipinski definition) is 1. The Morgan fingerprint density at radius 1 is 0.827 bits per heavy atom. The summed E-state index contributed by atoms with van der Waals surface area (Å²) >= 11 is 0. The molecule has 1 aromatic rings. The minimum atomic E-state index is -0.525. The molecule has 1 aromatic carbocycles. The van der Waals surface area contributed by atoms with Crippen molar-refractivity contribution in [3.05, 3.63) is 47.0 Å². The number of methoxy groups -OCH3 is 1. The standard InChI is InChI=1S/C45H66N2O5/c1-40(2)21-23-45(39(50)46-25-28-47-26-11-12-27-47)24-22-43(6)32(33(45)29-40)15-16-35-42(5)19-18-36(41(3,4)34(42)17-20-44(35,43)7)52-38(49)31-14-10-9-13-30(31)37(48)51-8/h9-10,13-15,33-36H,11-12,16-29H2,1-8H3,(H,46,50)/t33-,34-,35+,36-,42-,43+,44+,45-/m0/s1. The van der Waals surface area contributed by atoms with Gasteiger partial charge in [0.2, 0.25) is 5.91 Å². The fourth-order valence-electron chi connectivity index (χ4n) is 13.5.